The number of aryl methyl sites for hydroxylation is 1. The van der Waals surface area contributed by atoms with Crippen LogP contribution >= 0.6 is 0 Å². The molecule has 1 aliphatic rings. The van der Waals surface area contributed by atoms with Crippen LogP contribution in [0.4, 0.5) is 0 Å². The Balaban J connectivity index is 1.63. The number of aromatic nitrogens is 2. The van der Waals surface area contributed by atoms with Crippen molar-refractivity contribution < 1.29 is 19.8 Å². The molecule has 1 unspecified atom stereocenters. The summed E-state index contributed by atoms with van der Waals surface area (Å²) in [4.78, 5) is 32.5. The molecule has 3 heterocycles. The number of fused-ring (bicyclic) bond motifs is 1. The number of benzene rings is 1. The van der Waals surface area contributed by atoms with Crippen LogP contribution < -0.4 is 0 Å². The molecule has 2 N–H and O–H groups in total. The predicted octanol–water partition coefficient (Wildman–Crippen LogP) is 2.21. The normalized spacial score (nSPS) is 16.6. The lowest BCUT2D eigenvalue weighted by Crippen LogP contribution is -2.49. The zero-order valence-electron chi connectivity index (χ0n) is 16.7. The molecule has 3 aromatic rings. The van der Waals surface area contributed by atoms with Crippen LogP contribution in [0.15, 0.2) is 48.8 Å². The van der Waals surface area contributed by atoms with Gasteiger partial charge in [-0.15, -0.1) is 0 Å². The monoisotopic (exact) mass is 408 g/mol. The SMILES string of the molecule is Cn1c(C(=O)O)c(C(C(=O)O)N2CCN(Cc3ccncc3)CC2)c2ccccc21. The smallest absolute Gasteiger partial charge is 0.352 e. The minimum absolute atomic E-state index is 0.0304. The van der Waals surface area contributed by atoms with Gasteiger partial charge < -0.3 is 14.8 Å². The van der Waals surface area contributed by atoms with E-state index in [0.717, 1.165) is 12.1 Å². The molecule has 8 heteroatoms. The molecule has 30 heavy (non-hydrogen) atoms. The maximum absolute atomic E-state index is 12.3. The fourth-order valence-corrected chi connectivity index (χ4v) is 4.35. The molecule has 2 aromatic heterocycles. The summed E-state index contributed by atoms with van der Waals surface area (Å²) >= 11 is 0. The van der Waals surface area contributed by atoms with Gasteiger partial charge >= 0.3 is 11.9 Å². The van der Waals surface area contributed by atoms with E-state index in [1.807, 2.05) is 35.2 Å². The van der Waals surface area contributed by atoms with Crippen molar-refractivity contribution >= 4 is 22.8 Å². The maximum Gasteiger partial charge on any atom is 0.352 e. The Bertz CT molecular complexity index is 1070. The summed E-state index contributed by atoms with van der Waals surface area (Å²) < 4.78 is 1.57. The van der Waals surface area contributed by atoms with Gasteiger partial charge in [0.15, 0.2) is 0 Å². The van der Waals surface area contributed by atoms with Crippen molar-refractivity contribution in [1.29, 1.82) is 0 Å². The lowest BCUT2D eigenvalue weighted by Gasteiger charge is -2.37. The summed E-state index contributed by atoms with van der Waals surface area (Å²) in [6, 6.07) is 10.2. The zero-order chi connectivity index (χ0) is 21.3. The average molecular weight is 408 g/mol. The summed E-state index contributed by atoms with van der Waals surface area (Å²) in [6.07, 6.45) is 3.53. The first-order valence-corrected chi connectivity index (χ1v) is 9.86. The molecule has 4 rings (SSSR count). The number of pyridine rings is 1. The lowest BCUT2D eigenvalue weighted by molar-refractivity contribution is -0.144. The number of carboxylic acids is 2. The number of hydrogen-bond donors (Lipinski definition) is 2. The van der Waals surface area contributed by atoms with E-state index in [9.17, 15) is 19.8 Å². The highest BCUT2D eigenvalue weighted by Gasteiger charge is 2.36. The Labute approximate surface area is 174 Å². The summed E-state index contributed by atoms with van der Waals surface area (Å²) in [5, 5.41) is 20.6. The molecule has 156 valence electrons. The molecule has 8 nitrogen and oxygen atoms in total. The van der Waals surface area contributed by atoms with E-state index in [1.54, 1.807) is 30.1 Å². The Morgan fingerprint density at radius 3 is 2.33 bits per heavy atom. The molecule has 0 saturated carbocycles. The van der Waals surface area contributed by atoms with Crippen molar-refractivity contribution in [3.63, 3.8) is 0 Å². The molecule has 1 aliphatic heterocycles. The van der Waals surface area contributed by atoms with Crippen LogP contribution in [0, 0.1) is 0 Å². The molecular weight excluding hydrogens is 384 g/mol. The second-order valence-electron chi connectivity index (χ2n) is 7.55. The predicted molar refractivity (Wildman–Crippen MR) is 111 cm³/mol. The third kappa shape index (κ3) is 3.67. The molecule has 0 spiro atoms. The Kier molecular flexibility index (Phi) is 5.52. The van der Waals surface area contributed by atoms with Gasteiger partial charge in [-0.2, -0.15) is 0 Å². The minimum Gasteiger partial charge on any atom is -0.480 e. The average Bonchev–Trinajstić information content (AvgIpc) is 3.03. The zero-order valence-corrected chi connectivity index (χ0v) is 16.7. The number of carboxylic acid groups (broad SMARTS) is 2. The fraction of sp³-hybridized carbons (Fsp3) is 0.318. The van der Waals surface area contributed by atoms with Gasteiger partial charge in [0.2, 0.25) is 0 Å². The highest BCUT2D eigenvalue weighted by Crippen LogP contribution is 2.34. The van der Waals surface area contributed by atoms with Gasteiger partial charge in [-0.05, 0) is 23.8 Å². The Morgan fingerprint density at radius 1 is 1.03 bits per heavy atom. The van der Waals surface area contributed by atoms with Crippen LogP contribution in [0.1, 0.15) is 27.7 Å². The fourth-order valence-electron chi connectivity index (χ4n) is 4.35. The first kappa shape index (κ1) is 20.1. The number of aliphatic carboxylic acids is 1. The summed E-state index contributed by atoms with van der Waals surface area (Å²) in [5.41, 5.74) is 2.27. The quantitative estimate of drug-likeness (QED) is 0.645. The Morgan fingerprint density at radius 2 is 1.70 bits per heavy atom. The van der Waals surface area contributed by atoms with Crippen LogP contribution in [0.2, 0.25) is 0 Å². The van der Waals surface area contributed by atoms with Crippen molar-refractivity contribution in [2.24, 2.45) is 7.05 Å². The summed E-state index contributed by atoms with van der Waals surface area (Å²) in [6.45, 7) is 3.29. The molecular formula is C22H24N4O4. The number of aromatic carboxylic acids is 1. The molecule has 0 bridgehead atoms. The molecule has 0 radical (unpaired) electrons. The van der Waals surface area contributed by atoms with Crippen molar-refractivity contribution in [1.82, 2.24) is 19.4 Å². The highest BCUT2D eigenvalue weighted by atomic mass is 16.4. The van der Waals surface area contributed by atoms with Crippen LogP contribution in [0.25, 0.3) is 10.9 Å². The van der Waals surface area contributed by atoms with Gasteiger partial charge in [-0.25, -0.2) is 4.79 Å². The largest absolute Gasteiger partial charge is 0.480 e. The van der Waals surface area contributed by atoms with Crippen molar-refractivity contribution in [3.05, 3.63) is 65.6 Å². The van der Waals surface area contributed by atoms with Crippen LogP contribution in [0.5, 0.6) is 0 Å². The first-order chi connectivity index (χ1) is 14.5. The molecule has 1 atom stereocenters. The molecule has 1 aromatic carbocycles. The second-order valence-corrected chi connectivity index (χ2v) is 7.55. The third-order valence-corrected chi connectivity index (χ3v) is 5.78. The van der Waals surface area contributed by atoms with Crippen LogP contribution in [-0.2, 0) is 18.4 Å². The standard InChI is InChI=1S/C22H24N4O4/c1-24-17-5-3-2-4-16(17)18(19(24)21(27)28)20(22(29)30)26-12-10-25(11-13-26)14-15-6-8-23-9-7-15/h2-9,20H,10-14H2,1H3,(H,27,28)(H,29,30). The molecule has 1 saturated heterocycles. The van der Waals surface area contributed by atoms with E-state index >= 15 is 0 Å². The van der Waals surface area contributed by atoms with Gasteiger partial charge in [0.25, 0.3) is 0 Å². The summed E-state index contributed by atoms with van der Waals surface area (Å²) in [7, 11) is 1.67. The van der Waals surface area contributed by atoms with Gasteiger partial charge in [0.05, 0.1) is 0 Å². The first-order valence-electron chi connectivity index (χ1n) is 9.86. The van der Waals surface area contributed by atoms with E-state index in [-0.39, 0.29) is 5.69 Å². The van der Waals surface area contributed by atoms with Gasteiger partial charge in [0, 0.05) is 68.6 Å². The molecule has 0 amide bonds. The van der Waals surface area contributed by atoms with E-state index in [0.29, 0.717) is 42.6 Å². The molecule has 0 aliphatic carbocycles. The number of rotatable bonds is 6. The topological polar surface area (TPSA) is 98.9 Å². The number of piperazine rings is 1. The maximum atomic E-state index is 12.3. The van der Waals surface area contributed by atoms with Crippen LogP contribution in [-0.4, -0.2) is 67.7 Å². The number of nitrogens with zero attached hydrogens (tertiary/aromatic N) is 4. The highest BCUT2D eigenvalue weighted by molar-refractivity contribution is 6.01. The van der Waals surface area contributed by atoms with Gasteiger partial charge in [0.1, 0.15) is 11.7 Å². The number of para-hydroxylation sites is 1. The van der Waals surface area contributed by atoms with E-state index in [1.165, 1.54) is 0 Å². The van der Waals surface area contributed by atoms with Crippen LogP contribution in [0.3, 0.4) is 0 Å². The Hall–Kier alpha value is -3.23. The van der Waals surface area contributed by atoms with E-state index in [2.05, 4.69) is 9.88 Å². The van der Waals surface area contributed by atoms with Gasteiger partial charge in [-0.3, -0.25) is 19.6 Å². The van der Waals surface area contributed by atoms with E-state index in [4.69, 9.17) is 0 Å². The number of carbonyl (C=O) groups is 2. The van der Waals surface area contributed by atoms with Crippen molar-refractivity contribution in [3.8, 4) is 0 Å². The van der Waals surface area contributed by atoms with E-state index < -0.39 is 18.0 Å². The minimum atomic E-state index is -1.12. The second kappa shape index (κ2) is 8.25. The van der Waals surface area contributed by atoms with Crippen molar-refractivity contribution in [2.75, 3.05) is 26.2 Å². The van der Waals surface area contributed by atoms with Crippen molar-refractivity contribution in [2.45, 2.75) is 12.6 Å². The number of hydrogen-bond acceptors (Lipinski definition) is 5. The summed E-state index contributed by atoms with van der Waals surface area (Å²) in [5.74, 6) is -2.15. The lowest BCUT2D eigenvalue weighted by atomic mass is 10.00. The third-order valence-electron chi connectivity index (χ3n) is 5.78. The van der Waals surface area contributed by atoms with Gasteiger partial charge in [-0.1, -0.05) is 18.2 Å². The molecule has 1 fully saturated rings.